The summed E-state index contributed by atoms with van der Waals surface area (Å²) in [4.78, 5) is 16.4. The number of ether oxygens (including phenoxy) is 1. The number of rotatable bonds is 3. The Morgan fingerprint density at radius 1 is 1.33 bits per heavy atom. The largest absolute Gasteiger partial charge is 0.496 e. The van der Waals surface area contributed by atoms with Crippen molar-refractivity contribution < 1.29 is 9.53 Å². The van der Waals surface area contributed by atoms with Gasteiger partial charge in [-0.15, -0.1) is 0 Å². The highest BCUT2D eigenvalue weighted by molar-refractivity contribution is 5.90. The molecule has 0 aromatic heterocycles. The van der Waals surface area contributed by atoms with Crippen LogP contribution in [0, 0.1) is 0 Å². The van der Waals surface area contributed by atoms with Gasteiger partial charge < -0.3 is 20.3 Å². The predicted octanol–water partition coefficient (Wildman–Crippen LogP) is 1.77. The minimum atomic E-state index is -0.594. The number of hydrogen-bond donors (Lipinski definition) is 1. The van der Waals surface area contributed by atoms with E-state index in [1.807, 2.05) is 46.0 Å². The van der Waals surface area contributed by atoms with Crippen molar-refractivity contribution in [3.8, 4) is 5.75 Å². The van der Waals surface area contributed by atoms with Gasteiger partial charge in [0.2, 0.25) is 5.91 Å². The molecule has 1 unspecified atom stereocenters. The molecule has 1 fully saturated rings. The molecule has 1 heterocycles. The summed E-state index contributed by atoms with van der Waals surface area (Å²) in [6, 6.07) is 5.70. The lowest BCUT2D eigenvalue weighted by molar-refractivity contribution is -0.136. The second kappa shape index (κ2) is 5.56. The lowest BCUT2D eigenvalue weighted by Crippen LogP contribution is -2.62. The van der Waals surface area contributed by atoms with E-state index in [9.17, 15) is 4.79 Å². The summed E-state index contributed by atoms with van der Waals surface area (Å²) < 4.78 is 5.45. The van der Waals surface area contributed by atoms with Crippen LogP contribution in [0.15, 0.2) is 18.2 Å². The van der Waals surface area contributed by atoms with Gasteiger partial charge in [0, 0.05) is 37.4 Å². The third-order valence-electron chi connectivity index (χ3n) is 4.21. The molecule has 116 valence electrons. The molecule has 1 aliphatic heterocycles. The van der Waals surface area contributed by atoms with E-state index in [-0.39, 0.29) is 11.9 Å². The number of carbonyl (C=O) groups excluding carboxylic acids is 1. The van der Waals surface area contributed by atoms with Gasteiger partial charge in [-0.05, 0) is 32.9 Å². The highest BCUT2D eigenvalue weighted by atomic mass is 16.5. The minimum Gasteiger partial charge on any atom is -0.496 e. The first-order chi connectivity index (χ1) is 9.80. The third kappa shape index (κ3) is 2.58. The summed E-state index contributed by atoms with van der Waals surface area (Å²) in [7, 11) is 3.49. The second-order valence-corrected chi connectivity index (χ2v) is 6.12. The lowest BCUT2D eigenvalue weighted by Gasteiger charge is -2.47. The zero-order valence-corrected chi connectivity index (χ0v) is 13.5. The van der Waals surface area contributed by atoms with Crippen LogP contribution >= 0.6 is 0 Å². The highest BCUT2D eigenvalue weighted by Crippen LogP contribution is 2.38. The summed E-state index contributed by atoms with van der Waals surface area (Å²) in [6.07, 6.45) is 0. The number of carbonyl (C=O) groups is 1. The number of nitrogens with zero attached hydrogens (tertiary/aromatic N) is 2. The number of methoxy groups -OCH3 is 1. The molecule has 1 amide bonds. The van der Waals surface area contributed by atoms with Gasteiger partial charge in [-0.25, -0.2) is 0 Å². The van der Waals surface area contributed by atoms with E-state index in [1.54, 1.807) is 12.0 Å². The van der Waals surface area contributed by atoms with E-state index in [4.69, 9.17) is 10.5 Å². The summed E-state index contributed by atoms with van der Waals surface area (Å²) in [5.41, 5.74) is 7.48. The molecule has 0 spiro atoms. The zero-order chi connectivity index (χ0) is 15.8. The second-order valence-electron chi connectivity index (χ2n) is 6.12. The van der Waals surface area contributed by atoms with Gasteiger partial charge in [0.1, 0.15) is 11.3 Å². The Hall–Kier alpha value is -1.75. The van der Waals surface area contributed by atoms with Crippen molar-refractivity contribution in [1.29, 1.82) is 0 Å². The minimum absolute atomic E-state index is 0.118. The fourth-order valence-electron chi connectivity index (χ4n) is 3.04. The Balaban J connectivity index is 2.54. The van der Waals surface area contributed by atoms with Crippen LogP contribution in [0.2, 0.25) is 0 Å². The molecule has 0 aliphatic carbocycles. The molecule has 5 heteroatoms. The van der Waals surface area contributed by atoms with Gasteiger partial charge in [-0.2, -0.15) is 0 Å². The van der Waals surface area contributed by atoms with Gasteiger partial charge in [0.15, 0.2) is 0 Å². The smallest absolute Gasteiger partial charge is 0.247 e. The fourth-order valence-corrected chi connectivity index (χ4v) is 3.04. The first-order valence-corrected chi connectivity index (χ1v) is 7.26. The van der Waals surface area contributed by atoms with Crippen LogP contribution in [-0.4, -0.2) is 43.6 Å². The third-order valence-corrected chi connectivity index (χ3v) is 4.21. The molecule has 0 radical (unpaired) electrons. The van der Waals surface area contributed by atoms with E-state index in [0.717, 1.165) is 23.5 Å². The first-order valence-electron chi connectivity index (χ1n) is 7.26. The highest BCUT2D eigenvalue weighted by Gasteiger charge is 2.41. The van der Waals surface area contributed by atoms with E-state index in [1.165, 1.54) is 0 Å². The number of hydrogen-bond acceptors (Lipinski definition) is 4. The van der Waals surface area contributed by atoms with Gasteiger partial charge in [0.25, 0.3) is 0 Å². The molecule has 1 aromatic carbocycles. The Morgan fingerprint density at radius 3 is 2.57 bits per heavy atom. The first kappa shape index (κ1) is 15.6. The molecule has 0 bridgehead atoms. The molecule has 2 rings (SSSR count). The monoisotopic (exact) mass is 291 g/mol. The molecular weight excluding hydrogens is 266 g/mol. The van der Waals surface area contributed by atoms with Crippen LogP contribution in [-0.2, 0) is 4.79 Å². The van der Waals surface area contributed by atoms with Crippen LogP contribution in [0.4, 0.5) is 5.69 Å². The van der Waals surface area contributed by atoms with Crippen molar-refractivity contribution in [1.82, 2.24) is 4.90 Å². The average Bonchev–Trinajstić information content (AvgIpc) is 2.44. The van der Waals surface area contributed by atoms with Crippen LogP contribution < -0.4 is 15.4 Å². The van der Waals surface area contributed by atoms with Crippen molar-refractivity contribution in [2.75, 3.05) is 32.1 Å². The van der Waals surface area contributed by atoms with Crippen molar-refractivity contribution in [2.24, 2.45) is 5.73 Å². The maximum Gasteiger partial charge on any atom is 0.247 e. The molecule has 1 aliphatic rings. The van der Waals surface area contributed by atoms with Crippen LogP contribution in [0.25, 0.3) is 0 Å². The Labute approximate surface area is 126 Å². The average molecular weight is 291 g/mol. The van der Waals surface area contributed by atoms with Crippen molar-refractivity contribution >= 4 is 11.6 Å². The van der Waals surface area contributed by atoms with Gasteiger partial charge in [-0.1, -0.05) is 6.07 Å². The molecule has 21 heavy (non-hydrogen) atoms. The van der Waals surface area contributed by atoms with Crippen LogP contribution in [0.3, 0.4) is 0 Å². The summed E-state index contributed by atoms with van der Waals surface area (Å²) in [5.74, 6) is 0.886. The number of piperazine rings is 1. The quantitative estimate of drug-likeness (QED) is 0.922. The molecule has 2 N–H and O–H groups in total. The maximum absolute atomic E-state index is 12.5. The van der Waals surface area contributed by atoms with Crippen molar-refractivity contribution in [3.05, 3.63) is 23.8 Å². The van der Waals surface area contributed by atoms with E-state index in [2.05, 4.69) is 4.90 Å². The van der Waals surface area contributed by atoms with Gasteiger partial charge in [-0.3, -0.25) is 4.79 Å². The normalized spacial score (nSPS) is 19.6. The molecule has 1 saturated heterocycles. The number of amides is 1. The van der Waals surface area contributed by atoms with Crippen LogP contribution in [0.5, 0.6) is 5.75 Å². The number of likely N-dealkylation sites (N-methyl/N-ethyl adjacent to an activating group) is 1. The van der Waals surface area contributed by atoms with Crippen LogP contribution in [0.1, 0.15) is 32.4 Å². The molecule has 0 saturated carbocycles. The Kier molecular flexibility index (Phi) is 4.14. The summed E-state index contributed by atoms with van der Waals surface area (Å²) in [5, 5.41) is 0. The number of anilines is 1. The maximum atomic E-state index is 12.5. The molecule has 1 aromatic rings. The SMILES string of the molecule is COc1cccc(N2CCN(C)C(=O)C2(C)C)c1C(C)N. The Bertz CT molecular complexity index is 540. The topological polar surface area (TPSA) is 58.8 Å². The van der Waals surface area contributed by atoms with E-state index in [0.29, 0.717) is 6.54 Å². The number of nitrogens with two attached hydrogens (primary N) is 1. The Morgan fingerprint density at radius 2 is 2.00 bits per heavy atom. The fraction of sp³-hybridized carbons (Fsp3) is 0.562. The van der Waals surface area contributed by atoms with Gasteiger partial charge >= 0.3 is 0 Å². The van der Waals surface area contributed by atoms with Crippen molar-refractivity contribution in [3.63, 3.8) is 0 Å². The predicted molar refractivity (Wildman–Crippen MR) is 84.7 cm³/mol. The standard InChI is InChI=1S/C16H25N3O2/c1-11(17)14-12(7-6-8-13(14)21-5)19-10-9-18(4)15(20)16(19,2)3/h6-8,11H,9-10,17H2,1-5H3. The molecular formula is C16H25N3O2. The van der Waals surface area contributed by atoms with Gasteiger partial charge in [0.05, 0.1) is 7.11 Å². The molecule has 5 nitrogen and oxygen atoms in total. The number of benzene rings is 1. The van der Waals surface area contributed by atoms with E-state index >= 15 is 0 Å². The van der Waals surface area contributed by atoms with E-state index < -0.39 is 5.54 Å². The zero-order valence-electron chi connectivity index (χ0n) is 13.5. The summed E-state index contributed by atoms with van der Waals surface area (Å²) >= 11 is 0. The summed E-state index contributed by atoms with van der Waals surface area (Å²) in [6.45, 7) is 7.33. The molecule has 1 atom stereocenters. The van der Waals surface area contributed by atoms with Crippen molar-refractivity contribution in [2.45, 2.75) is 32.4 Å². The lowest BCUT2D eigenvalue weighted by atomic mass is 9.94.